The van der Waals surface area contributed by atoms with E-state index in [4.69, 9.17) is 5.11 Å². The molecule has 2 N–H and O–H groups in total. The van der Waals surface area contributed by atoms with Gasteiger partial charge in [-0.2, -0.15) is 5.10 Å². The van der Waals surface area contributed by atoms with Crippen LogP contribution < -0.4 is 5.32 Å². The predicted octanol–water partition coefficient (Wildman–Crippen LogP) is 2.09. The molecule has 1 aromatic carbocycles. The second-order valence-electron chi connectivity index (χ2n) is 5.97. The zero-order valence-electron chi connectivity index (χ0n) is 14.0. The molecular formula is C18H23N3O3. The topological polar surface area (TPSA) is 84.2 Å². The van der Waals surface area contributed by atoms with Gasteiger partial charge < -0.3 is 10.4 Å². The Bertz CT molecular complexity index is 695. The Balaban J connectivity index is 1.99. The maximum absolute atomic E-state index is 12.3. The molecule has 24 heavy (non-hydrogen) atoms. The van der Waals surface area contributed by atoms with E-state index in [1.54, 1.807) is 4.68 Å². The summed E-state index contributed by atoms with van der Waals surface area (Å²) in [4.78, 5) is 23.2. The van der Waals surface area contributed by atoms with Crippen molar-refractivity contribution in [2.75, 3.05) is 0 Å². The lowest BCUT2D eigenvalue weighted by atomic mass is 10.0. The maximum atomic E-state index is 12.3. The van der Waals surface area contributed by atoms with Gasteiger partial charge in [-0.25, -0.2) is 0 Å². The Kier molecular flexibility index (Phi) is 6.12. The van der Waals surface area contributed by atoms with E-state index in [2.05, 4.69) is 10.4 Å². The van der Waals surface area contributed by atoms with Gasteiger partial charge in [0.2, 0.25) is 5.91 Å². The van der Waals surface area contributed by atoms with E-state index in [1.807, 2.05) is 50.2 Å². The predicted molar refractivity (Wildman–Crippen MR) is 90.6 cm³/mol. The van der Waals surface area contributed by atoms with E-state index >= 15 is 0 Å². The van der Waals surface area contributed by atoms with Gasteiger partial charge in [-0.3, -0.25) is 14.3 Å². The summed E-state index contributed by atoms with van der Waals surface area (Å²) in [6.45, 7) is 3.92. The number of hydrogen-bond donors (Lipinski definition) is 2. The minimum Gasteiger partial charge on any atom is -0.481 e. The quantitative estimate of drug-likeness (QED) is 0.777. The molecule has 0 radical (unpaired) electrons. The van der Waals surface area contributed by atoms with Gasteiger partial charge >= 0.3 is 5.97 Å². The highest BCUT2D eigenvalue weighted by Gasteiger charge is 2.16. The SMILES string of the molecule is Cc1cc(C)n(CC(=O)NC(CCC(=O)O)Cc2ccccc2)n1. The number of nitrogens with one attached hydrogen (secondary N) is 1. The average Bonchev–Trinajstić information content (AvgIpc) is 2.83. The number of carbonyl (C=O) groups excluding carboxylic acids is 1. The molecule has 128 valence electrons. The van der Waals surface area contributed by atoms with Gasteiger partial charge in [-0.05, 0) is 38.3 Å². The normalized spacial score (nSPS) is 11.9. The van der Waals surface area contributed by atoms with E-state index in [0.29, 0.717) is 12.8 Å². The third kappa shape index (κ3) is 5.53. The Morgan fingerprint density at radius 3 is 2.54 bits per heavy atom. The van der Waals surface area contributed by atoms with Crippen LogP contribution in [0.1, 0.15) is 29.8 Å². The molecule has 1 amide bonds. The van der Waals surface area contributed by atoms with Crippen LogP contribution in [0.3, 0.4) is 0 Å². The second kappa shape index (κ2) is 8.29. The van der Waals surface area contributed by atoms with Gasteiger partial charge in [0.15, 0.2) is 0 Å². The lowest BCUT2D eigenvalue weighted by molar-refractivity contribution is -0.137. The number of rotatable bonds is 8. The first-order valence-electron chi connectivity index (χ1n) is 8.00. The molecular weight excluding hydrogens is 306 g/mol. The van der Waals surface area contributed by atoms with Crippen LogP contribution in [0.2, 0.25) is 0 Å². The molecule has 0 fully saturated rings. The number of nitrogens with zero attached hydrogens (tertiary/aromatic N) is 2. The highest BCUT2D eigenvalue weighted by atomic mass is 16.4. The molecule has 0 saturated carbocycles. The lowest BCUT2D eigenvalue weighted by Gasteiger charge is -2.18. The van der Waals surface area contributed by atoms with E-state index in [0.717, 1.165) is 17.0 Å². The van der Waals surface area contributed by atoms with Crippen LogP contribution in [-0.2, 0) is 22.6 Å². The summed E-state index contributed by atoms with van der Waals surface area (Å²) in [5, 5.41) is 16.1. The third-order valence-electron chi connectivity index (χ3n) is 3.79. The molecule has 0 aliphatic heterocycles. The summed E-state index contributed by atoms with van der Waals surface area (Å²) in [5.74, 6) is -1.02. The van der Waals surface area contributed by atoms with E-state index < -0.39 is 5.97 Å². The number of carboxylic acids is 1. The molecule has 6 nitrogen and oxygen atoms in total. The first-order chi connectivity index (χ1) is 11.4. The van der Waals surface area contributed by atoms with Gasteiger partial charge in [0.25, 0.3) is 0 Å². The molecule has 1 unspecified atom stereocenters. The smallest absolute Gasteiger partial charge is 0.303 e. The third-order valence-corrected chi connectivity index (χ3v) is 3.79. The van der Waals surface area contributed by atoms with Gasteiger partial charge in [0, 0.05) is 18.2 Å². The molecule has 2 aromatic rings. The van der Waals surface area contributed by atoms with Crippen LogP contribution in [0.4, 0.5) is 0 Å². The largest absolute Gasteiger partial charge is 0.481 e. The molecule has 0 aliphatic rings. The fourth-order valence-corrected chi connectivity index (χ4v) is 2.67. The summed E-state index contributed by atoms with van der Waals surface area (Å²) in [7, 11) is 0. The standard InChI is InChI=1S/C18H23N3O3/c1-13-10-14(2)21(20-13)12-17(22)19-16(8-9-18(23)24)11-15-6-4-3-5-7-15/h3-7,10,16H,8-9,11-12H2,1-2H3,(H,19,22)(H,23,24). The number of aromatic nitrogens is 2. The number of amides is 1. The summed E-state index contributed by atoms with van der Waals surface area (Å²) in [6.07, 6.45) is 1.03. The Morgan fingerprint density at radius 1 is 1.25 bits per heavy atom. The van der Waals surface area contributed by atoms with Crippen LogP contribution in [-0.4, -0.2) is 32.8 Å². The molecule has 1 atom stereocenters. The molecule has 1 aromatic heterocycles. The van der Waals surface area contributed by atoms with Crippen molar-refractivity contribution in [2.45, 2.75) is 45.7 Å². The first-order valence-corrected chi connectivity index (χ1v) is 8.00. The van der Waals surface area contributed by atoms with Crippen molar-refractivity contribution >= 4 is 11.9 Å². The summed E-state index contributed by atoms with van der Waals surface area (Å²) >= 11 is 0. The number of hydrogen-bond acceptors (Lipinski definition) is 3. The van der Waals surface area contributed by atoms with Gasteiger partial charge in [-0.1, -0.05) is 30.3 Å². The van der Waals surface area contributed by atoms with Crippen molar-refractivity contribution in [1.29, 1.82) is 0 Å². The van der Waals surface area contributed by atoms with Crippen LogP contribution in [0, 0.1) is 13.8 Å². The molecule has 0 bridgehead atoms. The van der Waals surface area contributed by atoms with Crippen molar-refractivity contribution in [1.82, 2.24) is 15.1 Å². The van der Waals surface area contributed by atoms with Crippen LogP contribution in [0.25, 0.3) is 0 Å². The minimum absolute atomic E-state index is 0.0255. The van der Waals surface area contributed by atoms with Crippen molar-refractivity contribution in [3.8, 4) is 0 Å². The fraction of sp³-hybridized carbons (Fsp3) is 0.389. The molecule has 2 rings (SSSR count). The van der Waals surface area contributed by atoms with Gasteiger partial charge in [0.05, 0.1) is 5.69 Å². The highest BCUT2D eigenvalue weighted by Crippen LogP contribution is 2.08. The zero-order chi connectivity index (χ0) is 17.5. The first kappa shape index (κ1) is 17.7. The number of carbonyl (C=O) groups is 2. The lowest BCUT2D eigenvalue weighted by Crippen LogP contribution is -2.39. The Morgan fingerprint density at radius 2 is 1.96 bits per heavy atom. The zero-order valence-corrected chi connectivity index (χ0v) is 14.0. The fourth-order valence-electron chi connectivity index (χ4n) is 2.67. The minimum atomic E-state index is -0.860. The molecule has 1 heterocycles. The van der Waals surface area contributed by atoms with E-state index in [-0.39, 0.29) is 24.9 Å². The molecule has 0 spiro atoms. The second-order valence-corrected chi connectivity index (χ2v) is 5.97. The molecule has 6 heteroatoms. The maximum Gasteiger partial charge on any atom is 0.303 e. The van der Waals surface area contributed by atoms with E-state index in [1.165, 1.54) is 0 Å². The number of benzene rings is 1. The van der Waals surface area contributed by atoms with Crippen LogP contribution in [0.15, 0.2) is 36.4 Å². The molecule has 0 saturated heterocycles. The van der Waals surface area contributed by atoms with Gasteiger partial charge in [0.1, 0.15) is 6.54 Å². The van der Waals surface area contributed by atoms with Gasteiger partial charge in [-0.15, -0.1) is 0 Å². The average molecular weight is 329 g/mol. The monoisotopic (exact) mass is 329 g/mol. The van der Waals surface area contributed by atoms with Crippen LogP contribution in [0.5, 0.6) is 0 Å². The van der Waals surface area contributed by atoms with Crippen molar-refractivity contribution in [3.05, 3.63) is 53.3 Å². The van der Waals surface area contributed by atoms with E-state index in [9.17, 15) is 9.59 Å². The van der Waals surface area contributed by atoms with Crippen LogP contribution >= 0.6 is 0 Å². The highest BCUT2D eigenvalue weighted by molar-refractivity contribution is 5.76. The number of aliphatic carboxylic acids is 1. The van der Waals surface area contributed by atoms with Crippen molar-refractivity contribution in [3.63, 3.8) is 0 Å². The van der Waals surface area contributed by atoms with Crippen molar-refractivity contribution in [2.24, 2.45) is 0 Å². The number of carboxylic acid groups (broad SMARTS) is 1. The Hall–Kier alpha value is -2.63. The summed E-state index contributed by atoms with van der Waals surface area (Å²) in [5.41, 5.74) is 2.86. The Labute approximate surface area is 141 Å². The summed E-state index contributed by atoms with van der Waals surface area (Å²) in [6, 6.07) is 11.4. The molecule has 0 aliphatic carbocycles. The van der Waals surface area contributed by atoms with Crippen molar-refractivity contribution < 1.29 is 14.7 Å². The summed E-state index contributed by atoms with van der Waals surface area (Å²) < 4.78 is 1.65. The number of aryl methyl sites for hydroxylation is 2.